The highest BCUT2D eigenvalue weighted by molar-refractivity contribution is 7.89. The van der Waals surface area contributed by atoms with Crippen molar-refractivity contribution in [2.75, 3.05) is 6.54 Å². The van der Waals surface area contributed by atoms with Crippen molar-refractivity contribution in [2.45, 2.75) is 35.4 Å². The van der Waals surface area contributed by atoms with Crippen LogP contribution in [0.5, 0.6) is 0 Å². The Morgan fingerprint density at radius 3 is 2.16 bits per heavy atom. The highest BCUT2D eigenvalue weighted by atomic mass is 32.2. The molecule has 8 nitrogen and oxygen atoms in total. The summed E-state index contributed by atoms with van der Waals surface area (Å²) in [4.78, 5) is 11.1. The molecule has 1 amide bonds. The molecule has 0 saturated heterocycles. The molecule has 2 aromatic rings. The Kier molecular flexibility index (Phi) is 7.47. The third-order valence-corrected chi connectivity index (χ3v) is 6.70. The second-order valence-electron chi connectivity index (χ2n) is 6.57. The van der Waals surface area contributed by atoms with E-state index in [2.05, 4.69) is 5.32 Å². The van der Waals surface area contributed by atoms with Crippen LogP contribution >= 0.6 is 0 Å². The van der Waals surface area contributed by atoms with Gasteiger partial charge in [-0.05, 0) is 43.2 Å². The summed E-state index contributed by atoms with van der Waals surface area (Å²) in [6, 6.07) is 7.95. The number of benzene rings is 2. The van der Waals surface area contributed by atoms with E-state index in [0.717, 1.165) is 18.2 Å². The average molecular weight is 480 g/mol. The molecule has 1 atom stereocenters. The maximum absolute atomic E-state index is 13.1. The van der Waals surface area contributed by atoms with Crippen LogP contribution in [0.1, 0.15) is 18.1 Å². The quantitative estimate of drug-likeness (QED) is 0.526. The number of primary sulfonamides is 1. The highest BCUT2D eigenvalue weighted by Crippen LogP contribution is 2.33. The van der Waals surface area contributed by atoms with Crippen LogP contribution < -0.4 is 15.2 Å². The van der Waals surface area contributed by atoms with Crippen LogP contribution in [0.15, 0.2) is 58.3 Å². The van der Waals surface area contributed by atoms with Gasteiger partial charge in [-0.1, -0.05) is 24.3 Å². The molecule has 31 heavy (non-hydrogen) atoms. The SMILES string of the molecule is C[C@H](NS(=O)(=O)c1ccccc1C(F)(F)F)C(=O)NCCc1ccc(S(N)(=O)=O)cc1. The van der Waals surface area contributed by atoms with Gasteiger partial charge in [0.05, 0.1) is 21.4 Å². The maximum atomic E-state index is 13.1. The summed E-state index contributed by atoms with van der Waals surface area (Å²) in [5.41, 5.74) is -0.655. The number of nitrogens with two attached hydrogens (primary N) is 1. The van der Waals surface area contributed by atoms with E-state index in [1.807, 2.05) is 4.72 Å². The minimum Gasteiger partial charge on any atom is -0.354 e. The zero-order chi connectivity index (χ0) is 23.4. The van der Waals surface area contributed by atoms with E-state index in [0.29, 0.717) is 18.1 Å². The number of amides is 1. The molecule has 0 bridgehead atoms. The molecule has 0 radical (unpaired) electrons. The van der Waals surface area contributed by atoms with Gasteiger partial charge >= 0.3 is 6.18 Å². The minimum atomic E-state index is -4.88. The fourth-order valence-electron chi connectivity index (χ4n) is 2.61. The van der Waals surface area contributed by atoms with Crippen molar-refractivity contribution >= 4 is 26.0 Å². The molecule has 0 aromatic heterocycles. The smallest absolute Gasteiger partial charge is 0.354 e. The Bertz CT molecular complexity index is 1150. The molecule has 2 rings (SSSR count). The third-order valence-electron chi connectivity index (χ3n) is 4.17. The van der Waals surface area contributed by atoms with Gasteiger partial charge in [-0.15, -0.1) is 0 Å². The van der Waals surface area contributed by atoms with E-state index in [-0.39, 0.29) is 11.4 Å². The van der Waals surface area contributed by atoms with E-state index in [1.54, 1.807) is 0 Å². The summed E-state index contributed by atoms with van der Waals surface area (Å²) in [5, 5.41) is 7.47. The molecule has 0 fully saturated rings. The van der Waals surface area contributed by atoms with Crippen LogP contribution in [0.4, 0.5) is 13.2 Å². The van der Waals surface area contributed by atoms with Crippen molar-refractivity contribution < 1.29 is 34.8 Å². The predicted molar refractivity (Wildman–Crippen MR) is 106 cm³/mol. The van der Waals surface area contributed by atoms with Crippen LogP contribution in [0.25, 0.3) is 0 Å². The van der Waals surface area contributed by atoms with Gasteiger partial charge in [0.1, 0.15) is 0 Å². The van der Waals surface area contributed by atoms with Gasteiger partial charge in [0.2, 0.25) is 26.0 Å². The highest BCUT2D eigenvalue weighted by Gasteiger charge is 2.37. The largest absolute Gasteiger partial charge is 0.417 e. The number of nitrogens with one attached hydrogen (secondary N) is 2. The van der Waals surface area contributed by atoms with Gasteiger partial charge in [0.25, 0.3) is 0 Å². The topological polar surface area (TPSA) is 135 Å². The van der Waals surface area contributed by atoms with E-state index >= 15 is 0 Å². The van der Waals surface area contributed by atoms with Crippen molar-refractivity contribution in [3.63, 3.8) is 0 Å². The third kappa shape index (κ3) is 6.75. The molecule has 0 heterocycles. The molecule has 0 aliphatic rings. The fraction of sp³-hybridized carbons (Fsp3) is 0.278. The number of carbonyl (C=O) groups is 1. The molecule has 0 unspecified atom stereocenters. The number of hydrogen-bond acceptors (Lipinski definition) is 5. The van der Waals surface area contributed by atoms with Crippen LogP contribution in [0.3, 0.4) is 0 Å². The summed E-state index contributed by atoms with van der Waals surface area (Å²) in [6.07, 6.45) is -4.58. The lowest BCUT2D eigenvalue weighted by atomic mass is 10.1. The molecule has 170 valence electrons. The summed E-state index contributed by atoms with van der Waals surface area (Å²) >= 11 is 0. The first-order valence-electron chi connectivity index (χ1n) is 8.80. The van der Waals surface area contributed by atoms with Crippen LogP contribution in [-0.4, -0.2) is 35.3 Å². The average Bonchev–Trinajstić information content (AvgIpc) is 2.66. The molecule has 0 saturated carbocycles. The van der Waals surface area contributed by atoms with Gasteiger partial charge < -0.3 is 5.32 Å². The van der Waals surface area contributed by atoms with Crippen molar-refractivity contribution in [3.05, 3.63) is 59.7 Å². The van der Waals surface area contributed by atoms with Crippen LogP contribution in [-0.2, 0) is 37.4 Å². The Morgan fingerprint density at radius 1 is 1.03 bits per heavy atom. The van der Waals surface area contributed by atoms with Gasteiger partial charge in [0.15, 0.2) is 0 Å². The number of carbonyl (C=O) groups excluding carboxylic acids is 1. The maximum Gasteiger partial charge on any atom is 0.417 e. The van der Waals surface area contributed by atoms with Gasteiger partial charge in [-0.25, -0.2) is 22.0 Å². The molecule has 0 aliphatic heterocycles. The van der Waals surface area contributed by atoms with E-state index < -0.39 is 48.6 Å². The number of hydrogen-bond donors (Lipinski definition) is 3. The first kappa shape index (κ1) is 24.8. The first-order chi connectivity index (χ1) is 14.2. The molecular formula is C18H20F3N3O5S2. The molecule has 0 aliphatic carbocycles. The predicted octanol–water partition coefficient (Wildman–Crippen LogP) is 1.38. The van der Waals surface area contributed by atoms with Crippen molar-refractivity contribution in [2.24, 2.45) is 5.14 Å². The van der Waals surface area contributed by atoms with Crippen molar-refractivity contribution in [1.29, 1.82) is 0 Å². The zero-order valence-electron chi connectivity index (χ0n) is 16.2. The standard InChI is InChI=1S/C18H20F3N3O5S2/c1-12(24-31(28,29)16-5-3-2-4-15(16)18(19,20)21)17(25)23-11-10-13-6-8-14(9-7-13)30(22,26)27/h2-9,12,24H,10-11H2,1H3,(H,23,25)(H2,22,26,27)/t12-/m0/s1. The molecule has 2 aromatic carbocycles. The van der Waals surface area contributed by atoms with Crippen LogP contribution in [0, 0.1) is 0 Å². The Labute approximate surface area is 177 Å². The lowest BCUT2D eigenvalue weighted by Crippen LogP contribution is -2.45. The Hall–Kier alpha value is -2.48. The lowest BCUT2D eigenvalue weighted by molar-refractivity contribution is -0.139. The van der Waals surface area contributed by atoms with E-state index in [9.17, 15) is 34.8 Å². The normalized spacial score (nSPS) is 13.6. The second kappa shape index (κ2) is 9.34. The number of alkyl halides is 3. The Morgan fingerprint density at radius 2 is 1.61 bits per heavy atom. The number of rotatable bonds is 8. The minimum absolute atomic E-state index is 0.0672. The Balaban J connectivity index is 1.98. The van der Waals surface area contributed by atoms with Gasteiger partial charge in [-0.2, -0.15) is 17.9 Å². The summed E-state index contributed by atoms with van der Waals surface area (Å²) in [7, 11) is -8.44. The monoisotopic (exact) mass is 479 g/mol. The summed E-state index contributed by atoms with van der Waals surface area (Å²) < 4.78 is 88.4. The number of halogens is 3. The number of sulfonamides is 2. The fourth-order valence-corrected chi connectivity index (χ4v) is 4.56. The summed E-state index contributed by atoms with van der Waals surface area (Å²) in [5.74, 6) is -0.741. The van der Waals surface area contributed by atoms with Crippen molar-refractivity contribution in [1.82, 2.24) is 10.0 Å². The molecule has 13 heteroatoms. The van der Waals surface area contributed by atoms with Gasteiger partial charge in [-0.3, -0.25) is 4.79 Å². The summed E-state index contributed by atoms with van der Waals surface area (Å²) in [6.45, 7) is 1.28. The molecule has 4 N–H and O–H groups in total. The lowest BCUT2D eigenvalue weighted by Gasteiger charge is -2.17. The van der Waals surface area contributed by atoms with Gasteiger partial charge in [0, 0.05) is 6.54 Å². The van der Waals surface area contributed by atoms with Crippen LogP contribution in [0.2, 0.25) is 0 Å². The molecule has 0 spiro atoms. The second-order valence-corrected chi connectivity index (χ2v) is 9.81. The van der Waals surface area contributed by atoms with E-state index in [4.69, 9.17) is 5.14 Å². The van der Waals surface area contributed by atoms with E-state index in [1.165, 1.54) is 31.2 Å². The molecular weight excluding hydrogens is 459 g/mol. The first-order valence-corrected chi connectivity index (χ1v) is 11.8. The van der Waals surface area contributed by atoms with Crippen molar-refractivity contribution in [3.8, 4) is 0 Å². The zero-order valence-corrected chi connectivity index (χ0v) is 17.8.